The van der Waals surface area contributed by atoms with Gasteiger partial charge in [0.25, 0.3) is 0 Å². The zero-order valence-corrected chi connectivity index (χ0v) is 15.4. The van der Waals surface area contributed by atoms with Crippen LogP contribution in [0.3, 0.4) is 0 Å². The van der Waals surface area contributed by atoms with E-state index < -0.39 is 0 Å². The van der Waals surface area contributed by atoms with Gasteiger partial charge in [0.05, 0.1) is 0 Å². The van der Waals surface area contributed by atoms with Gasteiger partial charge in [0.1, 0.15) is 29.1 Å². The van der Waals surface area contributed by atoms with Crippen LogP contribution in [0.15, 0.2) is 83.3 Å². The zero-order valence-electron chi connectivity index (χ0n) is 15.4. The maximum absolute atomic E-state index is 6.06. The molecule has 4 heteroatoms. The van der Waals surface area contributed by atoms with Gasteiger partial charge in [0.15, 0.2) is 5.58 Å². The highest BCUT2D eigenvalue weighted by Gasteiger charge is 2.12. The van der Waals surface area contributed by atoms with E-state index in [9.17, 15) is 0 Å². The van der Waals surface area contributed by atoms with Crippen LogP contribution in [0.5, 0.6) is 5.75 Å². The van der Waals surface area contributed by atoms with E-state index in [1.165, 1.54) is 0 Å². The Labute approximate surface area is 162 Å². The topological polar surface area (TPSA) is 48.2 Å². The van der Waals surface area contributed by atoms with Crippen LogP contribution in [-0.4, -0.2) is 9.97 Å². The molecule has 0 aliphatic carbocycles. The first kappa shape index (κ1) is 16.5. The van der Waals surface area contributed by atoms with Crippen molar-refractivity contribution in [2.75, 3.05) is 0 Å². The van der Waals surface area contributed by atoms with E-state index in [-0.39, 0.29) is 0 Å². The van der Waals surface area contributed by atoms with Crippen LogP contribution < -0.4 is 4.74 Å². The third-order valence-corrected chi connectivity index (χ3v) is 4.68. The minimum absolute atomic E-state index is 0.494. The summed E-state index contributed by atoms with van der Waals surface area (Å²) in [5, 5.41) is 1.02. The first-order valence-corrected chi connectivity index (χ1v) is 9.20. The van der Waals surface area contributed by atoms with Gasteiger partial charge in [-0.3, -0.25) is 0 Å². The molecule has 0 atom stereocenters. The Bertz CT molecular complexity index is 1280. The largest absolute Gasteiger partial charge is 0.487 e. The van der Waals surface area contributed by atoms with Crippen molar-refractivity contribution in [3.63, 3.8) is 0 Å². The molecule has 2 heterocycles. The molecule has 4 nitrogen and oxygen atoms in total. The minimum atomic E-state index is 0.494. The van der Waals surface area contributed by atoms with Gasteiger partial charge in [-0.05, 0) is 42.3 Å². The smallest absolute Gasteiger partial charge is 0.246 e. The average Bonchev–Trinajstić information content (AvgIpc) is 3.16. The van der Waals surface area contributed by atoms with Crippen molar-refractivity contribution in [1.82, 2.24) is 9.97 Å². The Hall–Kier alpha value is -3.66. The molecule has 5 aromatic rings. The lowest BCUT2D eigenvalue weighted by atomic mass is 10.2. The molecule has 2 aromatic heterocycles. The van der Waals surface area contributed by atoms with E-state index in [0.29, 0.717) is 18.2 Å². The molecular formula is C24H18N2O2. The van der Waals surface area contributed by atoms with Crippen molar-refractivity contribution in [3.8, 4) is 17.3 Å². The standard InChI is InChI=1S/C24H18N2O2/c1-16-10-12-19-22(14-16)28-24(26-19)20-13-11-18-8-5-9-21(23(18)25-20)27-15-17-6-3-2-4-7-17/h2-14H,15H2,1H3. The first-order valence-electron chi connectivity index (χ1n) is 9.20. The van der Waals surface area contributed by atoms with Crippen molar-refractivity contribution in [3.05, 3.63) is 90.0 Å². The van der Waals surface area contributed by atoms with Gasteiger partial charge in [-0.2, -0.15) is 0 Å². The van der Waals surface area contributed by atoms with Gasteiger partial charge in [0.2, 0.25) is 5.89 Å². The summed E-state index contributed by atoms with van der Waals surface area (Å²) in [4.78, 5) is 9.38. The normalized spacial score (nSPS) is 11.2. The van der Waals surface area contributed by atoms with E-state index in [1.807, 2.05) is 85.8 Å². The highest BCUT2D eigenvalue weighted by molar-refractivity contribution is 5.86. The molecule has 0 fully saturated rings. The summed E-state index contributed by atoms with van der Waals surface area (Å²) < 4.78 is 12.0. The number of aromatic nitrogens is 2. The zero-order chi connectivity index (χ0) is 18.9. The summed E-state index contributed by atoms with van der Waals surface area (Å²) in [7, 11) is 0. The van der Waals surface area contributed by atoms with Gasteiger partial charge in [0, 0.05) is 5.39 Å². The highest BCUT2D eigenvalue weighted by Crippen LogP contribution is 2.29. The lowest BCUT2D eigenvalue weighted by molar-refractivity contribution is 0.309. The molecule has 0 spiro atoms. The molecule has 0 saturated heterocycles. The van der Waals surface area contributed by atoms with Crippen LogP contribution in [0, 0.1) is 6.92 Å². The highest BCUT2D eigenvalue weighted by atomic mass is 16.5. The Balaban J connectivity index is 1.53. The van der Waals surface area contributed by atoms with Crippen molar-refractivity contribution < 1.29 is 9.15 Å². The summed E-state index contributed by atoms with van der Waals surface area (Å²) in [6.07, 6.45) is 0. The molecule has 28 heavy (non-hydrogen) atoms. The summed E-state index contributed by atoms with van der Waals surface area (Å²) in [6, 6.07) is 26.0. The Morgan fingerprint density at radius 2 is 1.75 bits per heavy atom. The number of hydrogen-bond donors (Lipinski definition) is 0. The van der Waals surface area contributed by atoms with Gasteiger partial charge in [-0.15, -0.1) is 0 Å². The average molecular weight is 366 g/mol. The number of para-hydroxylation sites is 1. The predicted octanol–water partition coefficient (Wildman–Crippen LogP) is 5.93. The maximum atomic E-state index is 6.06. The van der Waals surface area contributed by atoms with E-state index in [4.69, 9.17) is 14.1 Å². The fourth-order valence-electron chi connectivity index (χ4n) is 3.23. The Morgan fingerprint density at radius 3 is 2.64 bits per heavy atom. The molecule has 0 bridgehead atoms. The Morgan fingerprint density at radius 1 is 0.857 bits per heavy atom. The molecular weight excluding hydrogens is 348 g/mol. The summed E-state index contributed by atoms with van der Waals surface area (Å²) >= 11 is 0. The molecule has 0 unspecified atom stereocenters. The molecule has 0 aliphatic rings. The second-order valence-corrected chi connectivity index (χ2v) is 6.79. The van der Waals surface area contributed by atoms with E-state index in [2.05, 4.69) is 4.98 Å². The molecule has 5 rings (SSSR count). The second kappa shape index (κ2) is 6.82. The monoisotopic (exact) mass is 366 g/mol. The third kappa shape index (κ3) is 3.09. The lowest BCUT2D eigenvalue weighted by Gasteiger charge is -2.09. The number of nitrogens with zero attached hydrogens (tertiary/aromatic N) is 2. The van der Waals surface area contributed by atoms with Crippen molar-refractivity contribution in [1.29, 1.82) is 0 Å². The van der Waals surface area contributed by atoms with Crippen LogP contribution in [0.4, 0.5) is 0 Å². The van der Waals surface area contributed by atoms with Crippen LogP contribution in [0.25, 0.3) is 33.6 Å². The fourth-order valence-corrected chi connectivity index (χ4v) is 3.23. The number of rotatable bonds is 4. The van der Waals surface area contributed by atoms with Crippen LogP contribution in [0.1, 0.15) is 11.1 Å². The molecule has 0 radical (unpaired) electrons. The molecule has 0 N–H and O–H groups in total. The van der Waals surface area contributed by atoms with Crippen molar-refractivity contribution in [2.24, 2.45) is 0 Å². The molecule has 0 saturated carbocycles. The minimum Gasteiger partial charge on any atom is -0.487 e. The van der Waals surface area contributed by atoms with Gasteiger partial charge in [-0.1, -0.05) is 54.6 Å². The van der Waals surface area contributed by atoms with Crippen molar-refractivity contribution >= 4 is 22.0 Å². The molecule has 136 valence electrons. The van der Waals surface area contributed by atoms with Crippen molar-refractivity contribution in [2.45, 2.75) is 13.5 Å². The number of oxazole rings is 1. The summed E-state index contributed by atoms with van der Waals surface area (Å²) in [5.74, 6) is 1.26. The van der Waals surface area contributed by atoms with Gasteiger partial charge >= 0.3 is 0 Å². The number of pyridine rings is 1. The molecule has 3 aromatic carbocycles. The number of benzene rings is 3. The lowest BCUT2D eigenvalue weighted by Crippen LogP contribution is -1.97. The molecule has 0 aliphatic heterocycles. The number of hydrogen-bond acceptors (Lipinski definition) is 4. The van der Waals surface area contributed by atoms with Crippen LogP contribution in [-0.2, 0) is 6.61 Å². The summed E-state index contributed by atoms with van der Waals surface area (Å²) in [5.41, 5.74) is 5.34. The van der Waals surface area contributed by atoms with E-state index in [1.54, 1.807) is 0 Å². The third-order valence-electron chi connectivity index (χ3n) is 4.68. The van der Waals surface area contributed by atoms with E-state index >= 15 is 0 Å². The quantitative estimate of drug-likeness (QED) is 0.395. The predicted molar refractivity (Wildman–Crippen MR) is 110 cm³/mol. The summed E-state index contributed by atoms with van der Waals surface area (Å²) in [6.45, 7) is 2.53. The van der Waals surface area contributed by atoms with Gasteiger partial charge in [-0.25, -0.2) is 9.97 Å². The fraction of sp³-hybridized carbons (Fsp3) is 0.0833. The van der Waals surface area contributed by atoms with Crippen LogP contribution >= 0.6 is 0 Å². The molecule has 0 amide bonds. The number of fused-ring (bicyclic) bond motifs is 2. The first-order chi connectivity index (χ1) is 13.8. The number of ether oxygens (including phenoxy) is 1. The second-order valence-electron chi connectivity index (χ2n) is 6.79. The van der Waals surface area contributed by atoms with Gasteiger partial charge < -0.3 is 9.15 Å². The SMILES string of the molecule is Cc1ccc2nc(-c3ccc4cccc(OCc5ccccc5)c4n3)oc2c1. The van der Waals surface area contributed by atoms with E-state index in [0.717, 1.165) is 38.9 Å². The number of aryl methyl sites for hydroxylation is 1. The van der Waals surface area contributed by atoms with Crippen LogP contribution in [0.2, 0.25) is 0 Å². The Kier molecular flexibility index (Phi) is 4.02. The maximum Gasteiger partial charge on any atom is 0.246 e.